The number of ketones is 1. The van der Waals surface area contributed by atoms with Crippen molar-refractivity contribution in [1.82, 2.24) is 15.5 Å². The van der Waals surface area contributed by atoms with Crippen LogP contribution in [-0.2, 0) is 54.0 Å². The second-order valence-corrected chi connectivity index (χ2v) is 20.2. The molecular weight excluding hydrogens is 839 g/mol. The van der Waals surface area contributed by atoms with Crippen molar-refractivity contribution >= 4 is 17.7 Å². The van der Waals surface area contributed by atoms with Gasteiger partial charge in [0.15, 0.2) is 24.0 Å². The maximum Gasteiger partial charge on any atom is 0.311 e. The smallest absolute Gasteiger partial charge is 0.311 e. The third-order valence-corrected chi connectivity index (χ3v) is 14.8. The van der Waals surface area contributed by atoms with E-state index in [4.69, 9.17) is 37.9 Å². The van der Waals surface area contributed by atoms with Crippen LogP contribution in [0.25, 0.3) is 0 Å². The number of likely N-dealkylation sites (N-methyl/N-ethyl adjacent to an activating group) is 1. The number of cyclic esters (lactones) is 1. The van der Waals surface area contributed by atoms with E-state index in [0.717, 1.165) is 17.7 Å². The van der Waals surface area contributed by atoms with Crippen molar-refractivity contribution in [3.63, 3.8) is 0 Å². The Balaban J connectivity index is 1.41. The first-order valence-electron chi connectivity index (χ1n) is 23.8. The molecule has 4 fully saturated rings. The van der Waals surface area contributed by atoms with Crippen molar-refractivity contribution in [2.75, 3.05) is 47.9 Å². The first-order valence-corrected chi connectivity index (χ1v) is 23.8. The van der Waals surface area contributed by atoms with Gasteiger partial charge in [0.25, 0.3) is 0 Å². The Morgan fingerprint density at radius 2 is 1.63 bits per heavy atom. The van der Waals surface area contributed by atoms with E-state index in [0.29, 0.717) is 32.5 Å². The predicted molar refractivity (Wildman–Crippen MR) is 243 cm³/mol. The number of nitrogens with zero attached hydrogens (tertiary/aromatic N) is 1. The van der Waals surface area contributed by atoms with E-state index in [1.807, 2.05) is 84.8 Å². The van der Waals surface area contributed by atoms with E-state index in [1.165, 1.54) is 0 Å². The molecule has 2 bridgehead atoms. The number of hydrogen-bond acceptors (Lipinski definition) is 15. The first kappa shape index (κ1) is 53.2. The number of rotatable bonds is 15. The van der Waals surface area contributed by atoms with Crippen molar-refractivity contribution in [2.24, 2.45) is 29.6 Å². The summed E-state index contributed by atoms with van der Waals surface area (Å²) in [5.74, 6) is -3.55. The van der Waals surface area contributed by atoms with Crippen LogP contribution in [-0.4, -0.2) is 159 Å². The number of nitrogens with one attached hydrogen (secondary N) is 2. The maximum absolute atomic E-state index is 14.5. The van der Waals surface area contributed by atoms with Crippen LogP contribution in [0, 0.1) is 29.6 Å². The minimum Gasteiger partial charge on any atom is -0.496 e. The van der Waals surface area contributed by atoms with Crippen LogP contribution in [0.2, 0.25) is 0 Å². The summed E-state index contributed by atoms with van der Waals surface area (Å²) in [5, 5.41) is 30.9. The van der Waals surface area contributed by atoms with E-state index < -0.39 is 95.6 Å². The molecule has 3 unspecified atom stereocenters. The quantitative estimate of drug-likeness (QED) is 0.146. The van der Waals surface area contributed by atoms with E-state index in [1.54, 1.807) is 41.9 Å². The monoisotopic (exact) mass is 920 g/mol. The lowest BCUT2D eigenvalue weighted by molar-refractivity contribution is -0.313. The van der Waals surface area contributed by atoms with Gasteiger partial charge in [-0.3, -0.25) is 14.4 Å². The third-order valence-electron chi connectivity index (χ3n) is 14.8. The Kier molecular flexibility index (Phi) is 18.1. The molecule has 18 atom stereocenters. The van der Waals surface area contributed by atoms with Crippen LogP contribution in [0.1, 0.15) is 100 Å². The summed E-state index contributed by atoms with van der Waals surface area (Å²) in [6.45, 7) is 19.7. The molecule has 0 radical (unpaired) electrons. The van der Waals surface area contributed by atoms with Crippen LogP contribution in [0.15, 0.2) is 24.3 Å². The van der Waals surface area contributed by atoms with E-state index >= 15 is 0 Å². The molecule has 16 nitrogen and oxygen atoms in total. The molecule has 1 amide bonds. The molecule has 4 aliphatic heterocycles. The van der Waals surface area contributed by atoms with Gasteiger partial charge in [-0.05, 0) is 105 Å². The number of ether oxygens (including phenoxy) is 8. The predicted octanol–water partition coefficient (Wildman–Crippen LogP) is 4.04. The van der Waals surface area contributed by atoms with Gasteiger partial charge in [-0.1, -0.05) is 45.9 Å². The van der Waals surface area contributed by atoms with Crippen molar-refractivity contribution < 1.29 is 62.5 Å². The second-order valence-electron chi connectivity index (χ2n) is 20.2. The number of hydrogen-bond donors (Lipinski definition) is 4. The number of fused-ring (bicyclic) bond motifs is 2. The summed E-state index contributed by atoms with van der Waals surface area (Å²) in [4.78, 5) is 44.4. The Hall–Kier alpha value is -2.77. The summed E-state index contributed by atoms with van der Waals surface area (Å²) in [5.41, 5.74) is -3.01. The molecule has 0 aliphatic carbocycles. The summed E-state index contributed by atoms with van der Waals surface area (Å²) in [6.07, 6.45) is -5.84. The van der Waals surface area contributed by atoms with Gasteiger partial charge in [0.05, 0.1) is 60.7 Å². The van der Waals surface area contributed by atoms with Crippen LogP contribution in [0.3, 0.4) is 0 Å². The number of amides is 1. The molecule has 370 valence electrons. The van der Waals surface area contributed by atoms with Gasteiger partial charge < -0.3 is 63.6 Å². The fourth-order valence-corrected chi connectivity index (χ4v) is 11.2. The van der Waals surface area contributed by atoms with Crippen molar-refractivity contribution in [2.45, 2.75) is 179 Å². The number of aliphatic hydroxyl groups excluding tert-OH is 1. The van der Waals surface area contributed by atoms with Gasteiger partial charge in [-0.25, -0.2) is 0 Å². The van der Waals surface area contributed by atoms with Crippen molar-refractivity contribution in [3.05, 3.63) is 29.8 Å². The number of carbonyl (C=O) groups excluding carboxylic acids is 3. The highest BCUT2D eigenvalue weighted by Gasteiger charge is 2.59. The molecule has 0 saturated carbocycles. The number of carbonyl (C=O) groups is 3. The Morgan fingerprint density at radius 1 is 0.938 bits per heavy atom. The number of esters is 1. The average molecular weight is 920 g/mol. The molecule has 16 heteroatoms. The lowest BCUT2D eigenvalue weighted by Crippen LogP contribution is -2.61. The van der Waals surface area contributed by atoms with Crippen LogP contribution in [0.4, 0.5) is 0 Å². The summed E-state index contributed by atoms with van der Waals surface area (Å²) < 4.78 is 51.0. The second kappa shape index (κ2) is 22.1. The van der Waals surface area contributed by atoms with E-state index in [2.05, 4.69) is 10.6 Å². The highest BCUT2D eigenvalue weighted by atomic mass is 16.7. The third kappa shape index (κ3) is 11.7. The Morgan fingerprint density at radius 3 is 2.28 bits per heavy atom. The summed E-state index contributed by atoms with van der Waals surface area (Å²) >= 11 is 0. The topological polar surface area (TPSA) is 193 Å². The molecule has 4 aliphatic rings. The Labute approximate surface area is 387 Å². The Bertz CT molecular complexity index is 1750. The minimum atomic E-state index is -1.64. The lowest BCUT2D eigenvalue weighted by atomic mass is 9.75. The largest absolute Gasteiger partial charge is 0.496 e. The molecule has 1 aromatic rings. The van der Waals surface area contributed by atoms with Gasteiger partial charge in [-0.15, -0.1) is 0 Å². The number of Topliss-reactive ketones (excluding diaryl/α,β-unsaturated/α-hetero) is 1. The summed E-state index contributed by atoms with van der Waals surface area (Å²) in [6, 6.07) is 7.59. The van der Waals surface area contributed by atoms with E-state index in [-0.39, 0.29) is 42.6 Å². The minimum absolute atomic E-state index is 0.122. The molecule has 4 N–H and O–H groups in total. The fraction of sp³-hybridized carbons (Fsp3) is 0.816. The van der Waals surface area contributed by atoms with Gasteiger partial charge >= 0.3 is 5.97 Å². The zero-order valence-corrected chi connectivity index (χ0v) is 41.5. The molecule has 5 rings (SSSR count). The zero-order chi connectivity index (χ0) is 48.2. The molecular formula is C49H81N3O13. The normalized spacial score (nSPS) is 41.8. The average Bonchev–Trinajstić information content (AvgIpc) is 3.49. The lowest BCUT2D eigenvalue weighted by Gasteiger charge is -2.49. The van der Waals surface area contributed by atoms with Crippen LogP contribution < -0.4 is 15.4 Å². The number of aliphatic hydroxyl groups is 2. The van der Waals surface area contributed by atoms with Gasteiger partial charge in [0.1, 0.15) is 18.0 Å². The highest BCUT2D eigenvalue weighted by molar-refractivity contribution is 5.92. The molecule has 1 aromatic carbocycles. The SMILES string of the molecule is CC[C@@H]1OC(=O)[C@H](C)[C@@H](O[C@H]2C[C@@](C)(OC)C(C(=O)NCCNCCc3ccccc3OC)[C@H](C)O2)[C@H](C)[C@@H](OC2O[C@H](C)C[C@H](N(C)C)[C@H]2O)[C@](C)(O)C[C@@H](C)[C@H]2OC1(C)C(=O)[C@@H]2C. The molecule has 0 spiro atoms. The van der Waals surface area contributed by atoms with E-state index in [9.17, 15) is 24.6 Å². The highest BCUT2D eigenvalue weighted by Crippen LogP contribution is 2.45. The van der Waals surface area contributed by atoms with Gasteiger partial charge in [0.2, 0.25) is 5.91 Å². The van der Waals surface area contributed by atoms with Crippen LogP contribution >= 0.6 is 0 Å². The first-order chi connectivity index (χ1) is 30.5. The number of methoxy groups -OCH3 is 2. The maximum atomic E-state index is 14.5. The molecule has 65 heavy (non-hydrogen) atoms. The van der Waals surface area contributed by atoms with Crippen molar-refractivity contribution in [1.29, 1.82) is 0 Å². The fourth-order valence-electron chi connectivity index (χ4n) is 11.2. The molecule has 4 heterocycles. The molecule has 4 saturated heterocycles. The van der Waals surface area contributed by atoms with Crippen LogP contribution in [0.5, 0.6) is 5.75 Å². The van der Waals surface area contributed by atoms with Gasteiger partial charge in [0, 0.05) is 44.5 Å². The standard InChI is InChI=1S/C49H81N3O13/c1-15-36-49(10)42(54)29(4)40(65-49)27(2)25-47(8,57)43(64-46-39(53)34(52(11)12)24-28(3)60-46)30(5)41(31(6)45(56)62-36)63-37-26-48(9,59-14)38(32(7)61-37)44(55)51-23-22-50-21-20-33-18-16-17-19-35(33)58-13/h16-19,27-32,34,36-41,43,46,50,53,57H,15,20-26H2,1-14H3,(H,51,55)/t27-,28-,29-,30+,31-,32+,34+,36+,37+,38?,39-,40-,41+,43-,46?,47-,48-,49?/m1/s1. The number of benzene rings is 1. The number of para-hydroxylation sites is 1. The zero-order valence-electron chi connectivity index (χ0n) is 41.5. The summed E-state index contributed by atoms with van der Waals surface area (Å²) in [7, 11) is 6.98. The van der Waals surface area contributed by atoms with Crippen molar-refractivity contribution in [3.8, 4) is 5.75 Å². The van der Waals surface area contributed by atoms with Gasteiger partial charge in [-0.2, -0.15) is 0 Å². The molecule has 0 aromatic heterocycles.